The molecule has 0 spiro atoms. The summed E-state index contributed by atoms with van der Waals surface area (Å²) in [6.45, 7) is 14.2. The van der Waals surface area contributed by atoms with Crippen LogP contribution in [0.1, 0.15) is 142 Å². The third kappa shape index (κ3) is 13.1. The van der Waals surface area contributed by atoms with Crippen molar-refractivity contribution in [2.45, 2.75) is 157 Å². The van der Waals surface area contributed by atoms with Gasteiger partial charge in [0.2, 0.25) is 0 Å². The molecule has 0 amide bonds. The summed E-state index contributed by atoms with van der Waals surface area (Å²) in [7, 11) is 0. The first-order valence-corrected chi connectivity index (χ1v) is 32.4. The Hall–Kier alpha value is -0.0426. The minimum absolute atomic E-state index is 0.00378. The van der Waals surface area contributed by atoms with Crippen molar-refractivity contribution in [3.63, 3.8) is 0 Å². The van der Waals surface area contributed by atoms with E-state index in [9.17, 15) is 0 Å². The van der Waals surface area contributed by atoms with Crippen LogP contribution in [0.4, 0.5) is 0 Å². The van der Waals surface area contributed by atoms with Crippen LogP contribution in [0.25, 0.3) is 0 Å². The third-order valence-electron chi connectivity index (χ3n) is 9.20. The summed E-state index contributed by atoms with van der Waals surface area (Å²) in [5.41, 5.74) is 2.66. The average molecular weight is 792 g/mol. The van der Waals surface area contributed by atoms with E-state index in [2.05, 4.69) is 102 Å². The molecular weight excluding hydrogens is 726 g/mol. The van der Waals surface area contributed by atoms with Crippen molar-refractivity contribution in [2.24, 2.45) is 0 Å². The molecule has 0 radical (unpaired) electrons. The van der Waals surface area contributed by atoms with Gasteiger partial charge < -0.3 is 0 Å². The Bertz CT molecular complexity index is 785. The quantitative estimate of drug-likeness (QED) is 0.0933. The third-order valence-corrected chi connectivity index (χ3v) is 35.2. The first kappa shape index (κ1) is 38.1. The zero-order valence-corrected chi connectivity index (χ0v) is 34.2. The predicted molar refractivity (Wildman–Crippen MR) is 190 cm³/mol. The van der Waals surface area contributed by atoms with E-state index >= 15 is 0 Å². The van der Waals surface area contributed by atoms with Gasteiger partial charge in [0.05, 0.1) is 0 Å². The summed E-state index contributed by atoms with van der Waals surface area (Å²) >= 11 is -5.97. The molecule has 0 aliphatic heterocycles. The van der Waals surface area contributed by atoms with Crippen molar-refractivity contribution < 1.29 is 6.15 Å². The van der Waals surface area contributed by atoms with Crippen molar-refractivity contribution in [3.8, 4) is 0 Å². The topological polar surface area (TPSA) is 18.5 Å². The standard InChI is InChI=1S/C14H12O2.6C4H9.2Sn/c15-13(11-7-3-1-4-8-11)14(16)12-9-5-2-6-10-12;6*1-3-4-2;;/h1-10,13-14H;6*1,3-4H2,2H3;;/q-2;;;;;;;2*+1. The number of hydrogen-bond donors (Lipinski definition) is 0. The van der Waals surface area contributed by atoms with Crippen LogP contribution in [0.3, 0.4) is 0 Å². The second-order valence-electron chi connectivity index (χ2n) is 12.9. The Balaban J connectivity index is 2.72. The molecule has 0 saturated heterocycles. The summed E-state index contributed by atoms with van der Waals surface area (Å²) < 4.78 is 24.0. The summed E-state index contributed by atoms with van der Waals surface area (Å²) in [5, 5.41) is 0. The van der Waals surface area contributed by atoms with Gasteiger partial charge in [-0.2, -0.15) is 0 Å². The Morgan fingerprint density at radius 3 is 0.857 bits per heavy atom. The molecule has 0 aliphatic carbocycles. The molecule has 2 atom stereocenters. The normalized spacial score (nSPS) is 13.8. The van der Waals surface area contributed by atoms with E-state index in [0.29, 0.717) is 0 Å². The molecule has 2 aromatic carbocycles. The van der Waals surface area contributed by atoms with Gasteiger partial charge in [0.1, 0.15) is 0 Å². The van der Waals surface area contributed by atoms with Crippen molar-refractivity contribution in [3.05, 3.63) is 71.8 Å². The molecule has 0 aliphatic rings. The Morgan fingerprint density at radius 2 is 0.643 bits per heavy atom. The molecule has 0 heterocycles. The second-order valence-corrected chi connectivity index (χ2v) is 36.3. The van der Waals surface area contributed by atoms with Gasteiger partial charge in [-0.15, -0.1) is 0 Å². The molecule has 0 fully saturated rings. The van der Waals surface area contributed by atoms with Gasteiger partial charge in [-0.25, -0.2) is 0 Å². The summed E-state index contributed by atoms with van der Waals surface area (Å²) in [6.07, 6.45) is 15.5. The Kier molecular flexibility index (Phi) is 20.4. The van der Waals surface area contributed by atoms with Crippen LogP contribution in [0, 0.1) is 0 Å². The van der Waals surface area contributed by atoms with Crippen LogP contribution in [-0.2, 0) is 6.15 Å². The van der Waals surface area contributed by atoms with Crippen LogP contribution >= 0.6 is 0 Å². The van der Waals surface area contributed by atoms with Gasteiger partial charge in [0.15, 0.2) is 0 Å². The molecule has 0 bridgehead atoms. The van der Waals surface area contributed by atoms with E-state index in [0.717, 1.165) is 0 Å². The molecule has 42 heavy (non-hydrogen) atoms. The molecule has 2 nitrogen and oxygen atoms in total. The first-order valence-electron chi connectivity index (χ1n) is 18.0. The fourth-order valence-electron chi connectivity index (χ4n) is 6.53. The number of rotatable bonds is 25. The average Bonchev–Trinajstić information content (AvgIpc) is 3.04. The van der Waals surface area contributed by atoms with Crippen LogP contribution in [0.15, 0.2) is 60.7 Å². The van der Waals surface area contributed by atoms with E-state index in [-0.39, 0.29) is 12.2 Å². The molecule has 0 aromatic heterocycles. The Morgan fingerprint density at radius 1 is 0.405 bits per heavy atom. The van der Waals surface area contributed by atoms with Gasteiger partial charge in [-0.05, 0) is 0 Å². The molecular formula is C38H66O2Sn2. The van der Waals surface area contributed by atoms with Gasteiger partial charge in [0, 0.05) is 0 Å². The maximum atomic E-state index is 7.92. The molecule has 4 heteroatoms. The molecule has 0 saturated carbocycles. The zero-order chi connectivity index (χ0) is 30.5. The van der Waals surface area contributed by atoms with Crippen molar-refractivity contribution in [1.29, 1.82) is 0 Å². The van der Waals surface area contributed by atoms with Crippen LogP contribution < -0.4 is 0 Å². The maximum absolute atomic E-state index is 7.92. The van der Waals surface area contributed by atoms with Crippen molar-refractivity contribution in [2.75, 3.05) is 0 Å². The molecule has 2 rings (SSSR count). The minimum atomic E-state index is -2.98. The molecule has 2 unspecified atom stereocenters. The second kappa shape index (κ2) is 22.5. The van der Waals surface area contributed by atoms with E-state index < -0.39 is 37.6 Å². The summed E-state index contributed by atoms with van der Waals surface area (Å²) in [5.74, 6) is 0. The van der Waals surface area contributed by atoms with Crippen LogP contribution in [0.2, 0.25) is 26.6 Å². The van der Waals surface area contributed by atoms with E-state index in [1.165, 1.54) is 115 Å². The van der Waals surface area contributed by atoms with Gasteiger partial charge in [-0.3, -0.25) is 0 Å². The first-order chi connectivity index (χ1) is 20.5. The zero-order valence-electron chi connectivity index (χ0n) is 28.5. The monoisotopic (exact) mass is 794 g/mol. The number of unbranched alkanes of at least 4 members (excludes halogenated alkanes) is 6. The van der Waals surface area contributed by atoms with Gasteiger partial charge >= 0.3 is 273 Å². The van der Waals surface area contributed by atoms with E-state index in [4.69, 9.17) is 6.15 Å². The number of benzene rings is 2. The van der Waals surface area contributed by atoms with Crippen molar-refractivity contribution >= 4 is 37.6 Å². The fraction of sp³-hybridized carbons (Fsp3) is 0.684. The number of hydrogen-bond acceptors (Lipinski definition) is 2. The fourth-order valence-corrected chi connectivity index (χ4v) is 34.5. The van der Waals surface area contributed by atoms with Crippen LogP contribution in [0.5, 0.6) is 0 Å². The summed E-state index contributed by atoms with van der Waals surface area (Å²) in [4.78, 5) is 0. The van der Waals surface area contributed by atoms with Crippen LogP contribution in [-0.4, -0.2) is 37.6 Å². The molecule has 2 aromatic rings. The SMILES string of the molecule is CCC[CH2][Sn]([CH2]CCC)([CH2]CCC)[O]C(c1ccccc1)C([O][Sn]([CH2]CCC)([CH2]CCC)[CH2]CCC)c1ccccc1. The molecule has 238 valence electrons. The van der Waals surface area contributed by atoms with E-state index in [1.807, 2.05) is 0 Å². The predicted octanol–water partition coefficient (Wildman–Crippen LogP) is 13.2. The van der Waals surface area contributed by atoms with Gasteiger partial charge in [-0.1, -0.05) is 0 Å². The summed E-state index contributed by atoms with van der Waals surface area (Å²) in [6, 6.07) is 22.5. The van der Waals surface area contributed by atoms with E-state index in [1.54, 1.807) is 0 Å². The molecule has 0 N–H and O–H groups in total. The Labute approximate surface area is 271 Å². The van der Waals surface area contributed by atoms with Gasteiger partial charge in [0.25, 0.3) is 0 Å². The van der Waals surface area contributed by atoms with Crippen molar-refractivity contribution in [1.82, 2.24) is 0 Å².